The van der Waals surface area contributed by atoms with E-state index in [2.05, 4.69) is 45.9 Å². The van der Waals surface area contributed by atoms with E-state index in [9.17, 15) is 4.79 Å². The lowest BCUT2D eigenvalue weighted by Crippen LogP contribution is -2.36. The highest BCUT2D eigenvalue weighted by molar-refractivity contribution is 5.94. The van der Waals surface area contributed by atoms with E-state index in [1.54, 1.807) is 0 Å². The van der Waals surface area contributed by atoms with E-state index < -0.39 is 0 Å². The molecule has 1 aliphatic heterocycles. The van der Waals surface area contributed by atoms with E-state index in [0.29, 0.717) is 6.54 Å². The number of hydrogen-bond donors (Lipinski definition) is 0. The monoisotopic (exact) mass is 423 g/mol. The zero-order valence-corrected chi connectivity index (χ0v) is 19.7. The molecule has 0 bridgehead atoms. The van der Waals surface area contributed by atoms with Gasteiger partial charge < -0.3 is 14.4 Å². The second-order valence-electron chi connectivity index (χ2n) is 8.79. The Morgan fingerprint density at radius 2 is 1.97 bits per heavy atom. The van der Waals surface area contributed by atoms with Crippen LogP contribution in [-0.2, 0) is 6.42 Å². The first-order valence-corrected chi connectivity index (χ1v) is 11.7. The second-order valence-corrected chi connectivity index (χ2v) is 8.79. The summed E-state index contributed by atoms with van der Waals surface area (Å²) in [5, 5.41) is 0. The highest BCUT2D eigenvalue weighted by Gasteiger charge is 2.23. The fraction of sp³-hybridized carbons (Fsp3) is 0.519. The number of fused-ring (bicyclic) bond motifs is 1. The second kappa shape index (κ2) is 10.7. The summed E-state index contributed by atoms with van der Waals surface area (Å²) in [5.74, 6) is 1.95. The minimum atomic E-state index is 0.0897. The summed E-state index contributed by atoms with van der Waals surface area (Å²) in [4.78, 5) is 15.2. The van der Waals surface area contributed by atoms with E-state index in [-0.39, 0.29) is 18.1 Å². The van der Waals surface area contributed by atoms with Crippen molar-refractivity contribution in [2.45, 2.75) is 78.9 Å². The maximum Gasteiger partial charge on any atom is 0.253 e. The van der Waals surface area contributed by atoms with Crippen LogP contribution in [0.25, 0.3) is 0 Å². The van der Waals surface area contributed by atoms with Crippen LogP contribution < -0.4 is 9.47 Å². The predicted molar refractivity (Wildman–Crippen MR) is 126 cm³/mol. The van der Waals surface area contributed by atoms with Crippen LogP contribution in [0.1, 0.15) is 73.5 Å². The average Bonchev–Trinajstić information content (AvgIpc) is 2.77. The van der Waals surface area contributed by atoms with Crippen LogP contribution in [0, 0.1) is 13.8 Å². The molecule has 0 N–H and O–H groups in total. The van der Waals surface area contributed by atoms with Gasteiger partial charge in [-0.05, 0) is 81.8 Å². The summed E-state index contributed by atoms with van der Waals surface area (Å²) in [6.45, 7) is 11.9. The fourth-order valence-electron chi connectivity index (χ4n) is 4.06. The van der Waals surface area contributed by atoms with Gasteiger partial charge in [-0.15, -0.1) is 0 Å². The van der Waals surface area contributed by atoms with Gasteiger partial charge in [0.05, 0.1) is 6.10 Å². The van der Waals surface area contributed by atoms with Crippen molar-refractivity contribution in [2.24, 2.45) is 0 Å². The molecule has 1 amide bonds. The van der Waals surface area contributed by atoms with Crippen molar-refractivity contribution in [1.29, 1.82) is 0 Å². The number of hydrogen-bond acceptors (Lipinski definition) is 3. The van der Waals surface area contributed by atoms with Gasteiger partial charge in [0, 0.05) is 25.1 Å². The topological polar surface area (TPSA) is 38.8 Å². The Morgan fingerprint density at radius 3 is 2.68 bits per heavy atom. The third-order valence-electron chi connectivity index (χ3n) is 6.07. The maximum atomic E-state index is 13.2. The molecule has 0 fully saturated rings. The molecule has 0 saturated carbocycles. The average molecular weight is 424 g/mol. The van der Waals surface area contributed by atoms with E-state index in [4.69, 9.17) is 9.47 Å². The number of carbonyl (C=O) groups excluding carboxylic acids is 1. The summed E-state index contributed by atoms with van der Waals surface area (Å²) in [6.07, 6.45) is 5.13. The van der Waals surface area contributed by atoms with Crippen molar-refractivity contribution < 1.29 is 14.3 Å². The lowest BCUT2D eigenvalue weighted by molar-refractivity contribution is 0.0717. The lowest BCUT2D eigenvalue weighted by Gasteiger charge is -2.29. The standard InChI is InChI=1S/C27H37NO3/c1-6-15-28(16-14-24-11-9-22-17-19(3)8-12-26(22)31-24)27(29)23-10-13-25(20(4)18-23)30-21(5)7-2/h8,10,12-13,17-18,21,24H,6-7,9,11,14-16H2,1-5H3. The van der Waals surface area contributed by atoms with E-state index in [0.717, 1.165) is 61.3 Å². The van der Waals surface area contributed by atoms with Crippen molar-refractivity contribution in [3.8, 4) is 11.5 Å². The molecular weight excluding hydrogens is 386 g/mol. The molecule has 0 aromatic heterocycles. The first-order valence-electron chi connectivity index (χ1n) is 11.7. The normalized spacial score (nSPS) is 16.2. The van der Waals surface area contributed by atoms with E-state index in [1.165, 1.54) is 11.1 Å². The Hall–Kier alpha value is -2.49. The SMILES string of the molecule is CCCN(CCC1CCc2cc(C)ccc2O1)C(=O)c1ccc(OC(C)CC)c(C)c1. The molecule has 168 valence electrons. The Morgan fingerprint density at radius 1 is 1.16 bits per heavy atom. The minimum Gasteiger partial charge on any atom is -0.490 e. The number of amides is 1. The predicted octanol–water partition coefficient (Wildman–Crippen LogP) is 6.12. The maximum absolute atomic E-state index is 13.2. The molecule has 2 unspecified atom stereocenters. The molecule has 2 atom stereocenters. The zero-order chi connectivity index (χ0) is 22.4. The fourth-order valence-corrected chi connectivity index (χ4v) is 4.06. The molecule has 2 aromatic carbocycles. The lowest BCUT2D eigenvalue weighted by atomic mass is 9.98. The van der Waals surface area contributed by atoms with Gasteiger partial charge in [-0.1, -0.05) is 31.5 Å². The molecular formula is C27H37NO3. The Kier molecular flexibility index (Phi) is 8.00. The molecule has 0 radical (unpaired) electrons. The third-order valence-corrected chi connectivity index (χ3v) is 6.07. The Bertz CT molecular complexity index is 892. The summed E-state index contributed by atoms with van der Waals surface area (Å²) in [5.41, 5.74) is 4.31. The molecule has 0 spiro atoms. The van der Waals surface area contributed by atoms with Crippen molar-refractivity contribution in [1.82, 2.24) is 4.90 Å². The molecule has 0 aliphatic carbocycles. The van der Waals surface area contributed by atoms with Crippen LogP contribution in [0.2, 0.25) is 0 Å². The number of aryl methyl sites for hydroxylation is 3. The van der Waals surface area contributed by atoms with Gasteiger partial charge in [0.2, 0.25) is 0 Å². The molecule has 4 nitrogen and oxygen atoms in total. The van der Waals surface area contributed by atoms with Gasteiger partial charge in [-0.3, -0.25) is 4.79 Å². The number of ether oxygens (including phenoxy) is 2. The van der Waals surface area contributed by atoms with Gasteiger partial charge in [-0.2, -0.15) is 0 Å². The Balaban J connectivity index is 1.63. The van der Waals surface area contributed by atoms with Crippen LogP contribution >= 0.6 is 0 Å². The van der Waals surface area contributed by atoms with Crippen LogP contribution in [-0.4, -0.2) is 36.1 Å². The third kappa shape index (κ3) is 6.03. The number of nitrogens with zero attached hydrogens (tertiary/aromatic N) is 1. The van der Waals surface area contributed by atoms with Crippen LogP contribution in [0.5, 0.6) is 11.5 Å². The molecule has 0 saturated heterocycles. The molecule has 1 heterocycles. The highest BCUT2D eigenvalue weighted by atomic mass is 16.5. The zero-order valence-electron chi connectivity index (χ0n) is 19.7. The van der Waals surface area contributed by atoms with Crippen LogP contribution in [0.3, 0.4) is 0 Å². The summed E-state index contributed by atoms with van der Waals surface area (Å²) in [6, 6.07) is 12.2. The summed E-state index contributed by atoms with van der Waals surface area (Å²) >= 11 is 0. The molecule has 4 heteroatoms. The highest BCUT2D eigenvalue weighted by Crippen LogP contribution is 2.29. The van der Waals surface area contributed by atoms with Crippen LogP contribution in [0.4, 0.5) is 0 Å². The first kappa shape index (κ1) is 23.2. The largest absolute Gasteiger partial charge is 0.490 e. The van der Waals surface area contributed by atoms with Crippen molar-refractivity contribution >= 4 is 5.91 Å². The molecule has 1 aliphatic rings. The summed E-state index contributed by atoms with van der Waals surface area (Å²) in [7, 11) is 0. The molecule has 3 rings (SSSR count). The number of rotatable bonds is 9. The summed E-state index contributed by atoms with van der Waals surface area (Å²) < 4.78 is 12.2. The number of benzene rings is 2. The van der Waals surface area contributed by atoms with E-state index in [1.807, 2.05) is 30.0 Å². The van der Waals surface area contributed by atoms with Gasteiger partial charge in [0.15, 0.2) is 0 Å². The molecule has 31 heavy (non-hydrogen) atoms. The first-order chi connectivity index (χ1) is 14.9. The smallest absolute Gasteiger partial charge is 0.253 e. The van der Waals surface area contributed by atoms with Crippen molar-refractivity contribution in [3.63, 3.8) is 0 Å². The Labute approximate surface area is 187 Å². The quantitative estimate of drug-likeness (QED) is 0.488. The van der Waals surface area contributed by atoms with Gasteiger partial charge in [-0.25, -0.2) is 0 Å². The number of carbonyl (C=O) groups is 1. The minimum absolute atomic E-state index is 0.0897. The van der Waals surface area contributed by atoms with Gasteiger partial charge in [0.1, 0.15) is 17.6 Å². The van der Waals surface area contributed by atoms with Gasteiger partial charge in [0.25, 0.3) is 5.91 Å². The molecule has 2 aromatic rings. The van der Waals surface area contributed by atoms with Crippen molar-refractivity contribution in [3.05, 3.63) is 58.7 Å². The van der Waals surface area contributed by atoms with Crippen molar-refractivity contribution in [2.75, 3.05) is 13.1 Å². The van der Waals surface area contributed by atoms with E-state index >= 15 is 0 Å². The van der Waals surface area contributed by atoms with Gasteiger partial charge >= 0.3 is 0 Å². The van der Waals surface area contributed by atoms with Crippen LogP contribution in [0.15, 0.2) is 36.4 Å².